The first-order valence-corrected chi connectivity index (χ1v) is 16.8. The molecule has 1 fully saturated rings. The largest absolute Gasteiger partial charge is 0.398 e. The minimum absolute atomic E-state index is 0.0590. The van der Waals surface area contributed by atoms with Crippen LogP contribution in [0.4, 0.5) is 5.13 Å². The molecule has 0 aliphatic carbocycles. The average Bonchev–Trinajstić information content (AvgIpc) is 3.38. The number of thiazole rings is 1. The van der Waals surface area contributed by atoms with Gasteiger partial charge in [0.05, 0.1) is 10.6 Å². The van der Waals surface area contributed by atoms with E-state index in [0.29, 0.717) is 28.9 Å². The Morgan fingerprint density at radius 1 is 1.36 bits per heavy atom. The number of sulfonamides is 1. The molecule has 17 heteroatoms. The minimum atomic E-state index is -3.82. The number of carbonyl (C=O) groups excluding carboxylic acids is 4. The fourth-order valence-electron chi connectivity index (χ4n) is 4.33. The van der Waals surface area contributed by atoms with Crippen LogP contribution in [0, 0.1) is 6.92 Å². The number of benzene rings is 1. The number of aromatic nitrogens is 1. The molecule has 13 nitrogen and oxygen atoms in total. The van der Waals surface area contributed by atoms with Gasteiger partial charge >= 0.3 is 0 Å². The molecule has 0 unspecified atom stereocenters. The van der Waals surface area contributed by atoms with Crippen molar-refractivity contribution in [3.63, 3.8) is 0 Å². The van der Waals surface area contributed by atoms with Gasteiger partial charge in [0, 0.05) is 30.4 Å². The number of aryl methyl sites for hydroxylation is 1. The number of oxime groups is 1. The van der Waals surface area contributed by atoms with Crippen molar-refractivity contribution in [2.75, 3.05) is 30.9 Å². The summed E-state index contributed by atoms with van der Waals surface area (Å²) in [4.78, 5) is 59.6. The van der Waals surface area contributed by atoms with Crippen LogP contribution in [0.1, 0.15) is 23.7 Å². The summed E-state index contributed by atoms with van der Waals surface area (Å²) in [6.07, 6.45) is 0.859. The van der Waals surface area contributed by atoms with Gasteiger partial charge in [0.2, 0.25) is 10.0 Å². The van der Waals surface area contributed by atoms with Crippen molar-refractivity contribution in [2.45, 2.75) is 36.6 Å². The Labute approximate surface area is 254 Å². The van der Waals surface area contributed by atoms with E-state index >= 15 is 0 Å². The Morgan fingerprint density at radius 3 is 2.76 bits per heavy atom. The van der Waals surface area contributed by atoms with Crippen LogP contribution in [-0.2, 0) is 40.5 Å². The summed E-state index contributed by atoms with van der Waals surface area (Å²) in [5.41, 5.74) is 8.09. The van der Waals surface area contributed by atoms with E-state index in [0.717, 1.165) is 28.7 Å². The lowest BCUT2D eigenvalue weighted by molar-refractivity contribution is -0.145. The first-order valence-electron chi connectivity index (χ1n) is 12.4. The molecule has 2 aliphatic rings. The van der Waals surface area contributed by atoms with Crippen LogP contribution in [0.3, 0.4) is 0 Å². The van der Waals surface area contributed by atoms with Gasteiger partial charge in [-0.1, -0.05) is 23.0 Å². The highest BCUT2D eigenvalue weighted by molar-refractivity contribution is 8.13. The number of hydrogen-bond acceptors (Lipinski definition) is 13. The number of fused-ring (bicyclic) bond motifs is 1. The van der Waals surface area contributed by atoms with E-state index in [2.05, 4.69) is 20.2 Å². The number of β-lactam (4-membered cyclic amide) rings is 1. The number of nitrogens with two attached hydrogens (primary N) is 1. The SMILES string of the molecule is CO/N=C(\C(=O)N[C@@H]1C(=O)N2C(C=O)=C(Cc3cc(S(=O)(=O)NCCSC(C)=O)ccc3C)CS[C@H]12)c1csc(N)n1. The topological polar surface area (TPSA) is 190 Å². The maximum Gasteiger partial charge on any atom is 0.276 e. The highest BCUT2D eigenvalue weighted by Crippen LogP contribution is 2.40. The molecule has 42 heavy (non-hydrogen) atoms. The second-order valence-electron chi connectivity index (χ2n) is 9.16. The van der Waals surface area contributed by atoms with Gasteiger partial charge in [-0.3, -0.25) is 24.1 Å². The second-order valence-corrected chi connectivity index (χ2v) is 14.2. The van der Waals surface area contributed by atoms with Crippen molar-refractivity contribution in [3.05, 3.63) is 51.7 Å². The number of nitrogens with one attached hydrogen (secondary N) is 2. The predicted octanol–water partition coefficient (Wildman–Crippen LogP) is 1.04. The number of nitrogen functional groups attached to an aromatic ring is 1. The summed E-state index contributed by atoms with van der Waals surface area (Å²) >= 11 is 3.53. The summed E-state index contributed by atoms with van der Waals surface area (Å²) in [5, 5.41) is 7.56. The molecule has 0 saturated carbocycles. The number of carbonyl (C=O) groups is 4. The number of aldehydes is 1. The minimum Gasteiger partial charge on any atom is -0.398 e. The van der Waals surface area contributed by atoms with Crippen LogP contribution in [-0.4, -0.2) is 83.8 Å². The molecule has 0 spiro atoms. The van der Waals surface area contributed by atoms with Gasteiger partial charge in [-0.2, -0.15) is 0 Å². The molecule has 2 aliphatic heterocycles. The lowest BCUT2D eigenvalue weighted by atomic mass is 9.97. The Balaban J connectivity index is 1.49. The Morgan fingerprint density at radius 2 is 2.12 bits per heavy atom. The zero-order valence-electron chi connectivity index (χ0n) is 22.8. The molecule has 1 aromatic heterocycles. The monoisotopic (exact) mass is 652 g/mol. The van der Waals surface area contributed by atoms with Crippen LogP contribution in [0.2, 0.25) is 0 Å². The molecule has 0 radical (unpaired) electrons. The van der Waals surface area contributed by atoms with Gasteiger partial charge in [-0.15, -0.1) is 23.1 Å². The average molecular weight is 653 g/mol. The Kier molecular flexibility index (Phi) is 10.1. The van der Waals surface area contributed by atoms with Gasteiger partial charge in [0.15, 0.2) is 22.2 Å². The summed E-state index contributed by atoms with van der Waals surface area (Å²) in [5.74, 6) is -0.444. The van der Waals surface area contributed by atoms with Gasteiger partial charge in [-0.05, 0) is 42.2 Å². The zero-order valence-corrected chi connectivity index (χ0v) is 26.0. The van der Waals surface area contributed by atoms with Crippen molar-refractivity contribution >= 4 is 78.9 Å². The van der Waals surface area contributed by atoms with Crippen LogP contribution in [0.15, 0.2) is 44.9 Å². The predicted molar refractivity (Wildman–Crippen MR) is 161 cm³/mol. The number of anilines is 1. The standard InChI is InChI=1S/C25H28N6O7S4/c1-13-4-5-17(42(36,37)27-6-7-39-14(2)33)9-15(13)8-16-11-40-24-21(23(35)31(24)19(16)10-32)29-22(34)20(30-38-3)18-12-41-25(26)28-18/h4-5,9-10,12,21,24,27H,6-8,11H2,1-3H3,(H2,26,28)(H,29,34)/b30-20-/t21-,24-/m1/s1. The highest BCUT2D eigenvalue weighted by Gasteiger charge is 2.52. The molecule has 4 rings (SSSR count). The lowest BCUT2D eigenvalue weighted by Crippen LogP contribution is -2.70. The van der Waals surface area contributed by atoms with E-state index < -0.39 is 33.3 Å². The maximum absolute atomic E-state index is 13.1. The highest BCUT2D eigenvalue weighted by atomic mass is 32.2. The first-order chi connectivity index (χ1) is 20.0. The smallest absolute Gasteiger partial charge is 0.276 e. The molecule has 1 saturated heterocycles. The first kappa shape index (κ1) is 31.7. The van der Waals surface area contributed by atoms with Crippen molar-refractivity contribution < 1.29 is 32.4 Å². The third-order valence-electron chi connectivity index (χ3n) is 6.39. The normalized spacial score (nSPS) is 18.8. The summed E-state index contributed by atoms with van der Waals surface area (Å²) in [6.45, 7) is 3.34. The van der Waals surface area contributed by atoms with Gasteiger partial charge in [0.25, 0.3) is 11.8 Å². The van der Waals surface area contributed by atoms with Crippen LogP contribution in [0.25, 0.3) is 0 Å². The molecule has 224 valence electrons. The van der Waals surface area contributed by atoms with E-state index in [4.69, 9.17) is 10.6 Å². The van der Waals surface area contributed by atoms with E-state index in [1.807, 2.05) is 6.92 Å². The fraction of sp³-hybridized carbons (Fsp3) is 0.360. The van der Waals surface area contributed by atoms with Crippen molar-refractivity contribution in [1.82, 2.24) is 19.9 Å². The van der Waals surface area contributed by atoms with Crippen molar-refractivity contribution in [1.29, 1.82) is 0 Å². The van der Waals surface area contributed by atoms with E-state index in [1.54, 1.807) is 17.5 Å². The maximum atomic E-state index is 13.1. The van der Waals surface area contributed by atoms with Crippen molar-refractivity contribution in [3.8, 4) is 0 Å². The molecule has 2 atom stereocenters. The Bertz CT molecular complexity index is 1590. The molecule has 1 aromatic carbocycles. The van der Waals surface area contributed by atoms with Gasteiger partial charge in [-0.25, -0.2) is 18.1 Å². The number of amides is 2. The number of thioether (sulfide) groups is 2. The summed E-state index contributed by atoms with van der Waals surface area (Å²) < 4.78 is 28.1. The van der Waals surface area contributed by atoms with Crippen LogP contribution < -0.4 is 15.8 Å². The number of rotatable bonds is 12. The number of allylic oxidation sites excluding steroid dienone is 1. The molecular formula is C25H28N6O7S4. The third-order valence-corrected chi connectivity index (χ3v) is 10.7. The zero-order chi connectivity index (χ0) is 30.6. The van der Waals surface area contributed by atoms with Gasteiger partial charge in [0.1, 0.15) is 24.2 Å². The molecule has 2 amide bonds. The van der Waals surface area contributed by atoms with Crippen molar-refractivity contribution in [2.24, 2.45) is 5.16 Å². The second kappa shape index (κ2) is 13.4. The Hall–Kier alpha value is -3.25. The number of hydrogen-bond donors (Lipinski definition) is 3. The lowest BCUT2D eigenvalue weighted by Gasteiger charge is -2.49. The molecule has 3 heterocycles. The molecular weight excluding hydrogens is 625 g/mol. The molecule has 0 bridgehead atoms. The van der Waals surface area contributed by atoms with Gasteiger partial charge < -0.3 is 15.9 Å². The van der Waals surface area contributed by atoms with Crippen LogP contribution >= 0.6 is 34.9 Å². The molecule has 2 aromatic rings. The van der Waals surface area contributed by atoms with E-state index in [-0.39, 0.29) is 45.2 Å². The molecule has 4 N–H and O–H groups in total. The fourth-order valence-corrected chi connectivity index (χ4v) is 7.94. The summed E-state index contributed by atoms with van der Waals surface area (Å²) in [6, 6.07) is 3.82. The third kappa shape index (κ3) is 6.86. The quantitative estimate of drug-likeness (QED) is 0.0976. The van der Waals surface area contributed by atoms with E-state index in [1.165, 1.54) is 36.8 Å². The van der Waals surface area contributed by atoms with E-state index in [9.17, 15) is 27.6 Å². The number of nitrogens with zero attached hydrogens (tertiary/aromatic N) is 3. The van der Waals surface area contributed by atoms with Crippen LogP contribution in [0.5, 0.6) is 0 Å². The summed E-state index contributed by atoms with van der Waals surface area (Å²) in [7, 11) is -2.55.